The number of rotatable bonds is 5. The average Bonchev–Trinajstić information content (AvgIpc) is 2.68. The van der Waals surface area contributed by atoms with Gasteiger partial charge >= 0.3 is 6.03 Å². The second-order valence-electron chi connectivity index (χ2n) is 5.55. The molecule has 27 heavy (non-hydrogen) atoms. The number of anilines is 2. The second-order valence-corrected chi connectivity index (χ2v) is 5.55. The average molecular weight is 362 g/mol. The van der Waals surface area contributed by atoms with Crippen molar-refractivity contribution in [1.82, 2.24) is 20.3 Å². The highest BCUT2D eigenvalue weighted by molar-refractivity contribution is 5.99. The number of carbonyl (C=O) groups excluding carboxylic acids is 2. The summed E-state index contributed by atoms with van der Waals surface area (Å²) in [5.74, 6) is 0.118. The number of hydrogen-bond acceptors (Lipinski definition) is 5. The van der Waals surface area contributed by atoms with E-state index in [1.54, 1.807) is 30.5 Å². The van der Waals surface area contributed by atoms with Crippen molar-refractivity contribution in [3.8, 4) is 11.3 Å². The van der Waals surface area contributed by atoms with Gasteiger partial charge in [0.2, 0.25) is 5.91 Å². The first kappa shape index (κ1) is 18.0. The van der Waals surface area contributed by atoms with Crippen LogP contribution in [0.1, 0.15) is 6.92 Å². The Labute approximate surface area is 155 Å². The Hall–Kier alpha value is -3.81. The van der Waals surface area contributed by atoms with Gasteiger partial charge in [-0.2, -0.15) is 0 Å². The monoisotopic (exact) mass is 362 g/mol. The van der Waals surface area contributed by atoms with E-state index in [0.717, 1.165) is 5.56 Å². The minimum atomic E-state index is -0.328. The number of nitrogens with one attached hydrogen (secondary N) is 3. The van der Waals surface area contributed by atoms with E-state index >= 15 is 0 Å². The molecule has 1 aromatic carbocycles. The standard InChI is InChI=1S/C19H18N6O2/c1-3-17(26)22-13-7-5-12(6-8-13)15-11-21-14-9-10-16(24-18(14)23-15)25-19(27)20-4-2/h3,5-11H,1,4H2,2H3,(H,22,26)(H2,20,23,24,25,27). The topological polar surface area (TPSA) is 109 Å². The van der Waals surface area contributed by atoms with Gasteiger partial charge in [-0.1, -0.05) is 18.7 Å². The summed E-state index contributed by atoms with van der Waals surface area (Å²) in [5.41, 5.74) is 3.15. The number of aromatic nitrogens is 3. The zero-order chi connectivity index (χ0) is 19.2. The fourth-order valence-corrected chi connectivity index (χ4v) is 2.35. The molecule has 0 unspecified atom stereocenters. The maximum atomic E-state index is 11.6. The van der Waals surface area contributed by atoms with Gasteiger partial charge in [0.1, 0.15) is 11.3 Å². The number of nitrogens with zero attached hydrogens (tertiary/aromatic N) is 3. The molecule has 136 valence electrons. The molecule has 8 nitrogen and oxygen atoms in total. The summed E-state index contributed by atoms with van der Waals surface area (Å²) in [5, 5.41) is 7.97. The number of pyridine rings is 1. The van der Waals surface area contributed by atoms with E-state index in [1.807, 2.05) is 19.1 Å². The molecular weight excluding hydrogens is 344 g/mol. The van der Waals surface area contributed by atoms with Crippen molar-refractivity contribution in [2.24, 2.45) is 0 Å². The zero-order valence-corrected chi connectivity index (χ0v) is 14.7. The van der Waals surface area contributed by atoms with Crippen molar-refractivity contribution in [1.29, 1.82) is 0 Å². The van der Waals surface area contributed by atoms with Crippen LogP contribution in [-0.4, -0.2) is 33.4 Å². The Kier molecular flexibility index (Phi) is 5.36. The van der Waals surface area contributed by atoms with Crippen LogP contribution in [0.2, 0.25) is 0 Å². The summed E-state index contributed by atoms with van der Waals surface area (Å²) in [6, 6.07) is 10.3. The lowest BCUT2D eigenvalue weighted by Crippen LogP contribution is -2.28. The first-order chi connectivity index (χ1) is 13.1. The summed E-state index contributed by atoms with van der Waals surface area (Å²) in [6.45, 7) is 5.77. The van der Waals surface area contributed by atoms with Crippen molar-refractivity contribution in [3.05, 3.63) is 55.3 Å². The van der Waals surface area contributed by atoms with Crippen molar-refractivity contribution in [2.75, 3.05) is 17.2 Å². The Morgan fingerprint density at radius 3 is 2.56 bits per heavy atom. The Morgan fingerprint density at radius 2 is 1.85 bits per heavy atom. The van der Waals surface area contributed by atoms with Gasteiger partial charge in [-0.25, -0.2) is 14.8 Å². The zero-order valence-electron chi connectivity index (χ0n) is 14.7. The van der Waals surface area contributed by atoms with E-state index in [2.05, 4.69) is 37.5 Å². The van der Waals surface area contributed by atoms with E-state index < -0.39 is 0 Å². The molecule has 2 aromatic heterocycles. The minimum Gasteiger partial charge on any atom is -0.338 e. The van der Waals surface area contributed by atoms with E-state index in [9.17, 15) is 9.59 Å². The molecular formula is C19H18N6O2. The molecule has 3 rings (SSSR count). The van der Waals surface area contributed by atoms with Gasteiger partial charge < -0.3 is 10.6 Å². The van der Waals surface area contributed by atoms with E-state index in [4.69, 9.17) is 0 Å². The Bertz CT molecular complexity index is 1000. The van der Waals surface area contributed by atoms with Crippen LogP contribution in [0.5, 0.6) is 0 Å². The van der Waals surface area contributed by atoms with Crippen molar-refractivity contribution >= 4 is 34.6 Å². The predicted octanol–water partition coefficient (Wildman–Crippen LogP) is 2.96. The number of amides is 3. The van der Waals surface area contributed by atoms with Crippen LogP contribution in [0.25, 0.3) is 22.4 Å². The molecule has 0 radical (unpaired) electrons. The van der Waals surface area contributed by atoms with E-state index in [-0.39, 0.29) is 11.9 Å². The Balaban J connectivity index is 1.85. The Morgan fingerprint density at radius 1 is 1.07 bits per heavy atom. The first-order valence-electron chi connectivity index (χ1n) is 8.31. The van der Waals surface area contributed by atoms with Gasteiger partial charge in [-0.15, -0.1) is 0 Å². The van der Waals surface area contributed by atoms with Gasteiger partial charge in [0.15, 0.2) is 5.65 Å². The molecule has 8 heteroatoms. The van der Waals surface area contributed by atoms with E-state index in [1.165, 1.54) is 6.08 Å². The molecule has 3 aromatic rings. The first-order valence-corrected chi connectivity index (χ1v) is 8.31. The fourth-order valence-electron chi connectivity index (χ4n) is 2.35. The second kappa shape index (κ2) is 8.05. The van der Waals surface area contributed by atoms with Crippen LogP contribution in [0.3, 0.4) is 0 Å². The summed E-state index contributed by atoms with van der Waals surface area (Å²) < 4.78 is 0. The van der Waals surface area contributed by atoms with Crippen molar-refractivity contribution < 1.29 is 9.59 Å². The molecule has 0 atom stereocenters. The SMILES string of the molecule is C=CC(=O)Nc1ccc(-c2cnc3ccc(NC(=O)NCC)nc3n2)cc1. The van der Waals surface area contributed by atoms with E-state index in [0.29, 0.717) is 34.9 Å². The maximum Gasteiger partial charge on any atom is 0.320 e. The van der Waals surface area contributed by atoms with Gasteiger partial charge in [-0.05, 0) is 37.3 Å². The molecule has 0 aliphatic heterocycles. The summed E-state index contributed by atoms with van der Waals surface area (Å²) >= 11 is 0. The molecule has 0 saturated heterocycles. The fraction of sp³-hybridized carbons (Fsp3) is 0.105. The van der Waals surface area contributed by atoms with Gasteiger partial charge in [0.05, 0.1) is 11.9 Å². The highest BCUT2D eigenvalue weighted by Gasteiger charge is 2.07. The molecule has 0 bridgehead atoms. The lowest BCUT2D eigenvalue weighted by atomic mass is 10.1. The largest absolute Gasteiger partial charge is 0.338 e. The normalized spacial score (nSPS) is 10.3. The lowest BCUT2D eigenvalue weighted by Gasteiger charge is -2.07. The number of urea groups is 1. The highest BCUT2D eigenvalue weighted by Crippen LogP contribution is 2.21. The number of hydrogen-bond donors (Lipinski definition) is 3. The molecule has 3 amide bonds. The smallest absolute Gasteiger partial charge is 0.320 e. The van der Waals surface area contributed by atoms with Gasteiger partial charge in [-0.3, -0.25) is 15.1 Å². The quantitative estimate of drug-likeness (QED) is 0.605. The van der Waals surface area contributed by atoms with Crippen molar-refractivity contribution in [3.63, 3.8) is 0 Å². The van der Waals surface area contributed by atoms with Crippen LogP contribution < -0.4 is 16.0 Å². The van der Waals surface area contributed by atoms with Crippen molar-refractivity contribution in [2.45, 2.75) is 6.92 Å². The predicted molar refractivity (Wildman–Crippen MR) is 104 cm³/mol. The molecule has 0 fully saturated rings. The number of carbonyl (C=O) groups is 2. The van der Waals surface area contributed by atoms with Crippen LogP contribution in [0.4, 0.5) is 16.3 Å². The van der Waals surface area contributed by atoms with Crippen LogP contribution in [0.15, 0.2) is 55.3 Å². The molecule has 3 N–H and O–H groups in total. The molecule has 0 spiro atoms. The number of fused-ring (bicyclic) bond motifs is 1. The number of benzene rings is 1. The third-order valence-corrected chi connectivity index (χ3v) is 3.62. The van der Waals surface area contributed by atoms with Crippen LogP contribution in [0, 0.1) is 0 Å². The van der Waals surface area contributed by atoms with Gasteiger partial charge in [0, 0.05) is 17.8 Å². The summed E-state index contributed by atoms with van der Waals surface area (Å²) in [6.07, 6.45) is 2.86. The van der Waals surface area contributed by atoms with Crippen LogP contribution in [-0.2, 0) is 4.79 Å². The lowest BCUT2D eigenvalue weighted by molar-refractivity contribution is -0.111. The molecule has 0 saturated carbocycles. The minimum absolute atomic E-state index is 0.274. The third-order valence-electron chi connectivity index (χ3n) is 3.62. The third kappa shape index (κ3) is 4.43. The summed E-state index contributed by atoms with van der Waals surface area (Å²) in [7, 11) is 0. The van der Waals surface area contributed by atoms with Crippen LogP contribution >= 0.6 is 0 Å². The highest BCUT2D eigenvalue weighted by atomic mass is 16.2. The maximum absolute atomic E-state index is 11.6. The molecule has 0 aliphatic rings. The molecule has 0 aliphatic carbocycles. The van der Waals surface area contributed by atoms with Gasteiger partial charge in [0.25, 0.3) is 0 Å². The summed E-state index contributed by atoms with van der Waals surface area (Å²) in [4.78, 5) is 36.2. The molecule has 2 heterocycles.